The summed E-state index contributed by atoms with van der Waals surface area (Å²) in [6.07, 6.45) is 0. The SMILES string of the molecule is CNC(c1ccc(F)cc1C)c1ccc(OC)cc1Cl. The number of rotatable bonds is 4. The highest BCUT2D eigenvalue weighted by Gasteiger charge is 2.17. The molecule has 1 N–H and O–H groups in total. The molecule has 0 saturated carbocycles. The Morgan fingerprint density at radius 3 is 2.40 bits per heavy atom. The molecular weight excluding hydrogens is 277 g/mol. The van der Waals surface area contributed by atoms with Crippen molar-refractivity contribution in [1.29, 1.82) is 0 Å². The summed E-state index contributed by atoms with van der Waals surface area (Å²) < 4.78 is 18.4. The number of ether oxygens (including phenoxy) is 1. The van der Waals surface area contributed by atoms with Gasteiger partial charge in [0.25, 0.3) is 0 Å². The van der Waals surface area contributed by atoms with E-state index in [1.54, 1.807) is 19.2 Å². The van der Waals surface area contributed by atoms with Gasteiger partial charge in [-0.15, -0.1) is 0 Å². The third kappa shape index (κ3) is 2.94. The molecule has 2 aromatic rings. The molecule has 0 bridgehead atoms. The summed E-state index contributed by atoms with van der Waals surface area (Å²) in [5.41, 5.74) is 2.82. The van der Waals surface area contributed by atoms with Crippen LogP contribution in [0.25, 0.3) is 0 Å². The van der Waals surface area contributed by atoms with Crippen molar-refractivity contribution in [3.63, 3.8) is 0 Å². The highest BCUT2D eigenvalue weighted by Crippen LogP contribution is 2.32. The quantitative estimate of drug-likeness (QED) is 0.916. The Bertz CT molecular complexity index is 615. The standard InChI is InChI=1S/C16H17ClFNO/c1-10-8-11(18)4-6-13(10)16(19-2)14-7-5-12(20-3)9-15(14)17/h4-9,16,19H,1-3H3. The number of hydrogen-bond donors (Lipinski definition) is 1. The lowest BCUT2D eigenvalue weighted by molar-refractivity contribution is 0.414. The predicted octanol–water partition coefficient (Wildman–Crippen LogP) is 4.10. The van der Waals surface area contributed by atoms with Crippen LogP contribution < -0.4 is 10.1 Å². The fourth-order valence-corrected chi connectivity index (χ4v) is 2.59. The van der Waals surface area contributed by atoms with Gasteiger partial charge in [0.05, 0.1) is 13.2 Å². The Balaban J connectivity index is 2.47. The average molecular weight is 294 g/mol. The van der Waals surface area contributed by atoms with Crippen molar-refractivity contribution < 1.29 is 9.13 Å². The molecule has 2 aromatic carbocycles. The number of benzene rings is 2. The first kappa shape index (κ1) is 14.8. The molecule has 4 heteroatoms. The van der Waals surface area contributed by atoms with E-state index in [1.807, 2.05) is 26.1 Å². The molecule has 0 aromatic heterocycles. The van der Waals surface area contributed by atoms with Crippen molar-refractivity contribution in [2.75, 3.05) is 14.2 Å². The molecule has 0 aliphatic carbocycles. The Kier molecular flexibility index (Phi) is 4.63. The van der Waals surface area contributed by atoms with Crippen LogP contribution in [-0.4, -0.2) is 14.2 Å². The number of halogens is 2. The van der Waals surface area contributed by atoms with E-state index in [2.05, 4.69) is 5.32 Å². The third-order valence-electron chi connectivity index (χ3n) is 3.35. The van der Waals surface area contributed by atoms with E-state index in [0.29, 0.717) is 10.8 Å². The van der Waals surface area contributed by atoms with Crippen LogP contribution in [0.5, 0.6) is 5.75 Å². The van der Waals surface area contributed by atoms with Crippen LogP contribution >= 0.6 is 11.6 Å². The van der Waals surface area contributed by atoms with E-state index in [4.69, 9.17) is 16.3 Å². The van der Waals surface area contributed by atoms with Crippen LogP contribution in [0.2, 0.25) is 5.02 Å². The smallest absolute Gasteiger partial charge is 0.123 e. The molecule has 0 amide bonds. The summed E-state index contributed by atoms with van der Waals surface area (Å²) in [4.78, 5) is 0. The van der Waals surface area contributed by atoms with E-state index in [-0.39, 0.29) is 11.9 Å². The number of hydrogen-bond acceptors (Lipinski definition) is 2. The van der Waals surface area contributed by atoms with Crippen LogP contribution in [0.15, 0.2) is 36.4 Å². The average Bonchev–Trinajstić information content (AvgIpc) is 2.43. The first-order valence-corrected chi connectivity index (χ1v) is 6.71. The zero-order valence-corrected chi connectivity index (χ0v) is 12.5. The van der Waals surface area contributed by atoms with Gasteiger partial charge < -0.3 is 10.1 Å². The molecule has 0 fully saturated rings. The van der Waals surface area contributed by atoms with Gasteiger partial charge in [-0.2, -0.15) is 0 Å². The maximum Gasteiger partial charge on any atom is 0.123 e. The molecule has 20 heavy (non-hydrogen) atoms. The van der Waals surface area contributed by atoms with Gasteiger partial charge in [0.2, 0.25) is 0 Å². The van der Waals surface area contributed by atoms with E-state index < -0.39 is 0 Å². The first-order valence-electron chi connectivity index (χ1n) is 6.33. The van der Waals surface area contributed by atoms with Crippen molar-refractivity contribution in [3.8, 4) is 5.75 Å². The Labute approximate surface area is 123 Å². The maximum atomic E-state index is 13.2. The number of methoxy groups -OCH3 is 1. The Morgan fingerprint density at radius 2 is 1.85 bits per heavy atom. The Morgan fingerprint density at radius 1 is 1.15 bits per heavy atom. The Hall–Kier alpha value is -1.58. The zero-order chi connectivity index (χ0) is 14.7. The van der Waals surface area contributed by atoms with Crippen molar-refractivity contribution in [2.45, 2.75) is 13.0 Å². The summed E-state index contributed by atoms with van der Waals surface area (Å²) in [6.45, 7) is 1.89. The minimum Gasteiger partial charge on any atom is -0.497 e. The van der Waals surface area contributed by atoms with Crippen LogP contribution in [0.3, 0.4) is 0 Å². The van der Waals surface area contributed by atoms with Crippen LogP contribution in [0.4, 0.5) is 4.39 Å². The topological polar surface area (TPSA) is 21.3 Å². The fraction of sp³-hybridized carbons (Fsp3) is 0.250. The second-order valence-electron chi connectivity index (χ2n) is 4.61. The van der Waals surface area contributed by atoms with Crippen LogP contribution in [0.1, 0.15) is 22.7 Å². The van der Waals surface area contributed by atoms with E-state index in [0.717, 1.165) is 16.7 Å². The van der Waals surface area contributed by atoms with Crippen molar-refractivity contribution in [1.82, 2.24) is 5.32 Å². The molecule has 0 heterocycles. The molecule has 0 radical (unpaired) electrons. The molecule has 2 nitrogen and oxygen atoms in total. The minimum absolute atomic E-state index is 0.0889. The lowest BCUT2D eigenvalue weighted by atomic mass is 9.95. The first-order chi connectivity index (χ1) is 9.56. The summed E-state index contributed by atoms with van der Waals surface area (Å²) >= 11 is 6.32. The molecule has 0 aliphatic heterocycles. The predicted molar refractivity (Wildman–Crippen MR) is 80.0 cm³/mol. The fourth-order valence-electron chi connectivity index (χ4n) is 2.31. The second kappa shape index (κ2) is 6.25. The lowest BCUT2D eigenvalue weighted by Gasteiger charge is -2.21. The van der Waals surface area contributed by atoms with Gasteiger partial charge in [0.15, 0.2) is 0 Å². The highest BCUT2D eigenvalue weighted by molar-refractivity contribution is 6.31. The van der Waals surface area contributed by atoms with Crippen molar-refractivity contribution in [3.05, 3.63) is 63.9 Å². The number of aryl methyl sites for hydroxylation is 1. The third-order valence-corrected chi connectivity index (χ3v) is 3.68. The van der Waals surface area contributed by atoms with Gasteiger partial charge in [0.1, 0.15) is 11.6 Å². The molecule has 0 aliphatic rings. The highest BCUT2D eigenvalue weighted by atomic mass is 35.5. The van der Waals surface area contributed by atoms with Gasteiger partial charge in [0, 0.05) is 5.02 Å². The molecule has 1 unspecified atom stereocenters. The molecular formula is C16H17ClFNO. The van der Waals surface area contributed by atoms with Gasteiger partial charge in [-0.3, -0.25) is 0 Å². The van der Waals surface area contributed by atoms with Gasteiger partial charge >= 0.3 is 0 Å². The van der Waals surface area contributed by atoms with E-state index in [9.17, 15) is 4.39 Å². The van der Waals surface area contributed by atoms with Crippen LogP contribution in [-0.2, 0) is 0 Å². The lowest BCUT2D eigenvalue weighted by Crippen LogP contribution is -2.19. The molecule has 2 rings (SSSR count). The monoisotopic (exact) mass is 293 g/mol. The largest absolute Gasteiger partial charge is 0.497 e. The van der Waals surface area contributed by atoms with Crippen molar-refractivity contribution in [2.24, 2.45) is 0 Å². The summed E-state index contributed by atoms with van der Waals surface area (Å²) in [5.74, 6) is 0.478. The zero-order valence-electron chi connectivity index (χ0n) is 11.7. The normalized spacial score (nSPS) is 12.2. The minimum atomic E-state index is -0.234. The van der Waals surface area contributed by atoms with E-state index >= 15 is 0 Å². The second-order valence-corrected chi connectivity index (χ2v) is 5.02. The summed E-state index contributed by atoms with van der Waals surface area (Å²) in [7, 11) is 3.46. The van der Waals surface area contributed by atoms with Crippen molar-refractivity contribution >= 4 is 11.6 Å². The summed E-state index contributed by atoms with van der Waals surface area (Å²) in [6, 6.07) is 10.2. The molecule has 1 atom stereocenters. The molecule has 106 valence electrons. The maximum absolute atomic E-state index is 13.2. The van der Waals surface area contributed by atoms with E-state index in [1.165, 1.54) is 12.1 Å². The molecule has 0 saturated heterocycles. The van der Waals surface area contributed by atoms with Gasteiger partial charge in [-0.25, -0.2) is 4.39 Å². The number of nitrogens with one attached hydrogen (secondary N) is 1. The van der Waals surface area contributed by atoms with Gasteiger partial charge in [-0.1, -0.05) is 23.7 Å². The molecule has 0 spiro atoms. The van der Waals surface area contributed by atoms with Crippen LogP contribution in [0, 0.1) is 12.7 Å². The summed E-state index contributed by atoms with van der Waals surface area (Å²) in [5, 5.41) is 3.84. The van der Waals surface area contributed by atoms with Gasteiger partial charge in [-0.05, 0) is 54.9 Å².